The summed E-state index contributed by atoms with van der Waals surface area (Å²) in [5, 5.41) is 51.7. The van der Waals surface area contributed by atoms with Crippen molar-refractivity contribution in [2.75, 3.05) is 13.7 Å². The van der Waals surface area contributed by atoms with Gasteiger partial charge in [0, 0.05) is 5.56 Å². The number of ketones is 1. The number of aromatic nitrogens is 1. The summed E-state index contributed by atoms with van der Waals surface area (Å²) in [4.78, 5) is 13.3. The number of carbonyl (C=O) groups is 1. The highest BCUT2D eigenvalue weighted by atomic mass is 32.1. The largest absolute Gasteiger partial charge is 0.497 e. The molecule has 5 atom stereocenters. The van der Waals surface area contributed by atoms with Crippen LogP contribution >= 0.6 is 12.2 Å². The predicted octanol–water partition coefficient (Wildman–Crippen LogP) is 2.61. The molecular weight excluding hydrogens is 496 g/mol. The molecule has 0 aliphatic carbocycles. The zero-order chi connectivity index (χ0) is 26.9. The predicted molar refractivity (Wildman–Crippen MR) is 136 cm³/mol. The van der Waals surface area contributed by atoms with E-state index < -0.39 is 37.3 Å². The number of hydrogen-bond donors (Lipinski definition) is 4. The Morgan fingerprint density at radius 3 is 2.24 bits per heavy atom. The Hall–Kier alpha value is -3.43. The van der Waals surface area contributed by atoms with Crippen LogP contribution in [0, 0.1) is 16.0 Å². The van der Waals surface area contributed by atoms with E-state index in [1.165, 1.54) is 18.6 Å². The Labute approximate surface area is 218 Å². The van der Waals surface area contributed by atoms with Crippen molar-refractivity contribution in [2.45, 2.75) is 37.6 Å². The Morgan fingerprint density at radius 2 is 1.70 bits per heavy atom. The van der Waals surface area contributed by atoms with Gasteiger partial charge in [-0.05, 0) is 30.2 Å². The third-order valence-electron chi connectivity index (χ3n) is 6.42. The monoisotopic (exact) mass is 522 g/mol. The number of pyridine rings is 1. The van der Waals surface area contributed by atoms with E-state index >= 15 is 0 Å². The first kappa shape index (κ1) is 26.6. The number of methoxy groups -OCH3 is 1. The van der Waals surface area contributed by atoms with E-state index in [4.69, 9.17) is 21.7 Å². The van der Waals surface area contributed by atoms with Gasteiger partial charge in [0.1, 0.15) is 40.9 Å². The molecule has 4 rings (SSSR count). The van der Waals surface area contributed by atoms with E-state index in [1.807, 2.05) is 0 Å². The van der Waals surface area contributed by atoms with Gasteiger partial charge in [0.15, 0.2) is 12.0 Å². The molecule has 1 aromatic heterocycles. The summed E-state index contributed by atoms with van der Waals surface area (Å²) in [5.74, 6) is 0.204. The van der Waals surface area contributed by atoms with Crippen molar-refractivity contribution in [3.05, 3.63) is 70.4 Å². The molecule has 0 saturated carbocycles. The first-order chi connectivity index (χ1) is 17.7. The number of aliphatic hydroxyl groups is 4. The quantitative estimate of drug-likeness (QED) is 0.283. The maximum absolute atomic E-state index is 13.3. The molecule has 1 saturated heterocycles. The minimum Gasteiger partial charge on any atom is -0.497 e. The topological polar surface area (TPSA) is 145 Å². The molecule has 1 aliphatic rings. The molecule has 0 amide bonds. The number of nitriles is 1. The maximum atomic E-state index is 13.3. The summed E-state index contributed by atoms with van der Waals surface area (Å²) in [6.07, 6.45) is -7.61. The van der Waals surface area contributed by atoms with Crippen molar-refractivity contribution in [3.8, 4) is 34.2 Å². The van der Waals surface area contributed by atoms with E-state index in [-0.39, 0.29) is 27.2 Å². The molecular formula is C27H26N2O7S. The fourth-order valence-electron chi connectivity index (χ4n) is 4.60. The highest BCUT2D eigenvalue weighted by molar-refractivity contribution is 7.71. The summed E-state index contributed by atoms with van der Waals surface area (Å²) in [5.41, 5.74) is 1.79. The van der Waals surface area contributed by atoms with Gasteiger partial charge in [-0.3, -0.25) is 4.79 Å². The highest BCUT2D eigenvalue weighted by Crippen LogP contribution is 2.41. The number of hydrogen-bond acceptors (Lipinski definition) is 9. The Kier molecular flexibility index (Phi) is 7.85. The van der Waals surface area contributed by atoms with Gasteiger partial charge in [0.05, 0.1) is 30.5 Å². The maximum Gasteiger partial charge on any atom is 0.164 e. The van der Waals surface area contributed by atoms with Crippen molar-refractivity contribution in [1.29, 1.82) is 5.26 Å². The number of rotatable bonds is 6. The van der Waals surface area contributed by atoms with Gasteiger partial charge < -0.3 is 34.5 Å². The number of benzene rings is 2. The molecule has 1 aliphatic heterocycles. The van der Waals surface area contributed by atoms with Gasteiger partial charge in [-0.15, -0.1) is 0 Å². The third-order valence-corrected chi connectivity index (χ3v) is 6.82. The summed E-state index contributed by atoms with van der Waals surface area (Å²) in [6.45, 7) is 0.709. The van der Waals surface area contributed by atoms with Gasteiger partial charge >= 0.3 is 0 Å². The second kappa shape index (κ2) is 10.9. The molecule has 37 heavy (non-hydrogen) atoms. The number of nitrogens with zero attached hydrogens (tertiary/aromatic N) is 2. The zero-order valence-electron chi connectivity index (χ0n) is 20.1. The van der Waals surface area contributed by atoms with Crippen molar-refractivity contribution in [2.24, 2.45) is 0 Å². The summed E-state index contributed by atoms with van der Waals surface area (Å²) < 4.78 is 12.3. The SMILES string of the molecule is COc1ccc(-c2c(C(C)=O)c(-c3ccccc3)n([C@@H]3O[C@@H](CO)[C@@H](O)[C@@H](O)[C@H]3O)c(=S)c2C#N)cc1. The van der Waals surface area contributed by atoms with E-state index in [2.05, 4.69) is 6.07 Å². The van der Waals surface area contributed by atoms with E-state index in [1.54, 1.807) is 54.6 Å². The molecule has 1 fully saturated rings. The summed E-state index contributed by atoms with van der Waals surface area (Å²) >= 11 is 5.74. The lowest BCUT2D eigenvalue weighted by atomic mass is 9.89. The van der Waals surface area contributed by atoms with E-state index in [9.17, 15) is 30.5 Å². The van der Waals surface area contributed by atoms with Gasteiger partial charge in [-0.1, -0.05) is 54.7 Å². The Morgan fingerprint density at radius 1 is 1.05 bits per heavy atom. The minimum atomic E-state index is -1.69. The Balaban J connectivity index is 2.14. The zero-order valence-corrected chi connectivity index (χ0v) is 20.9. The number of carbonyl (C=O) groups excluding carboxylic acids is 1. The van der Waals surface area contributed by atoms with Crippen molar-refractivity contribution >= 4 is 18.0 Å². The van der Waals surface area contributed by atoms with Gasteiger partial charge in [-0.25, -0.2) is 0 Å². The Bertz CT molecular complexity index is 1400. The lowest BCUT2D eigenvalue weighted by molar-refractivity contribution is -0.251. The van der Waals surface area contributed by atoms with E-state index in [0.29, 0.717) is 22.4 Å². The molecule has 2 heterocycles. The lowest BCUT2D eigenvalue weighted by Crippen LogP contribution is -2.56. The molecule has 0 bridgehead atoms. The van der Waals surface area contributed by atoms with Crippen molar-refractivity contribution in [1.82, 2.24) is 4.57 Å². The number of Topliss-reactive ketones (excluding diaryl/α,β-unsaturated/α-hetero) is 1. The summed E-state index contributed by atoms with van der Waals surface area (Å²) in [7, 11) is 1.53. The van der Waals surface area contributed by atoms with Crippen LogP contribution in [0.2, 0.25) is 0 Å². The molecule has 0 radical (unpaired) electrons. The van der Waals surface area contributed by atoms with Crippen LogP contribution in [-0.4, -0.2) is 68.9 Å². The van der Waals surface area contributed by atoms with Crippen molar-refractivity contribution < 1.29 is 34.7 Å². The molecule has 192 valence electrons. The molecule has 10 heteroatoms. The van der Waals surface area contributed by atoms with Crippen LogP contribution in [0.1, 0.15) is 29.1 Å². The van der Waals surface area contributed by atoms with Gasteiger partial charge in [0.2, 0.25) is 0 Å². The van der Waals surface area contributed by atoms with Gasteiger partial charge in [0.25, 0.3) is 0 Å². The van der Waals surface area contributed by atoms with Crippen LogP contribution in [-0.2, 0) is 4.74 Å². The highest BCUT2D eigenvalue weighted by Gasteiger charge is 2.45. The van der Waals surface area contributed by atoms with Crippen LogP contribution in [0.15, 0.2) is 54.6 Å². The first-order valence-electron chi connectivity index (χ1n) is 11.5. The number of aliphatic hydroxyl groups excluding tert-OH is 4. The first-order valence-corrected chi connectivity index (χ1v) is 11.9. The van der Waals surface area contributed by atoms with Crippen LogP contribution < -0.4 is 4.74 Å². The molecule has 3 aromatic rings. The average Bonchev–Trinajstić information content (AvgIpc) is 2.92. The smallest absolute Gasteiger partial charge is 0.164 e. The second-order valence-corrected chi connectivity index (χ2v) is 9.02. The van der Waals surface area contributed by atoms with Gasteiger partial charge in [-0.2, -0.15) is 5.26 Å². The second-order valence-electron chi connectivity index (χ2n) is 8.63. The molecule has 2 aromatic carbocycles. The fourth-order valence-corrected chi connectivity index (χ4v) is 4.95. The van der Waals surface area contributed by atoms with Crippen LogP contribution in [0.3, 0.4) is 0 Å². The van der Waals surface area contributed by atoms with Crippen LogP contribution in [0.5, 0.6) is 5.75 Å². The fraction of sp³-hybridized carbons (Fsp3) is 0.296. The molecule has 9 nitrogen and oxygen atoms in total. The average molecular weight is 523 g/mol. The third kappa shape index (κ3) is 4.69. The standard InChI is InChI=1S/C27H26N2O7S/c1-14(31)20-21(15-8-10-17(35-2)11-9-15)18(12-28)27(37)29(22(20)16-6-4-3-5-7-16)26-25(34)24(33)23(32)19(13-30)36-26/h3-11,19,23-26,30,32-34H,13H2,1-2H3/t19-,23+,24+,25+,26+/m0/s1. The normalized spacial score (nSPS) is 23.3. The van der Waals surface area contributed by atoms with E-state index in [0.717, 1.165) is 0 Å². The molecule has 0 unspecified atom stereocenters. The number of ether oxygens (including phenoxy) is 2. The minimum absolute atomic E-state index is 0.0120. The van der Waals surface area contributed by atoms with Crippen LogP contribution in [0.25, 0.3) is 22.4 Å². The molecule has 0 spiro atoms. The molecule has 4 N–H and O–H groups in total. The van der Waals surface area contributed by atoms with Crippen molar-refractivity contribution in [3.63, 3.8) is 0 Å². The summed E-state index contributed by atoms with van der Waals surface area (Å²) in [6, 6.07) is 17.7. The lowest BCUT2D eigenvalue weighted by Gasteiger charge is -2.42. The van der Waals surface area contributed by atoms with Crippen LogP contribution in [0.4, 0.5) is 0 Å².